The van der Waals surface area contributed by atoms with Gasteiger partial charge in [-0.25, -0.2) is 0 Å². The van der Waals surface area contributed by atoms with Crippen molar-refractivity contribution >= 4 is 34.2 Å². The molecule has 1 amide bonds. The first-order chi connectivity index (χ1) is 9.15. The van der Waals surface area contributed by atoms with E-state index >= 15 is 0 Å². The molecule has 0 aromatic heterocycles. The van der Waals surface area contributed by atoms with Gasteiger partial charge in [-0.2, -0.15) is 0 Å². The molecule has 1 aliphatic rings. The lowest BCUT2D eigenvalue weighted by Crippen LogP contribution is -2.44. The van der Waals surface area contributed by atoms with Gasteiger partial charge in [0.05, 0.1) is 5.92 Å². The highest BCUT2D eigenvalue weighted by atomic mass is 79.9. The van der Waals surface area contributed by atoms with E-state index in [1.807, 2.05) is 12.1 Å². The molecule has 0 saturated carbocycles. The maximum absolute atomic E-state index is 12.1. The molecule has 2 atom stereocenters. The van der Waals surface area contributed by atoms with E-state index in [0.29, 0.717) is 0 Å². The number of rotatable bonds is 4. The summed E-state index contributed by atoms with van der Waals surface area (Å²) in [5.74, 6) is 0.331. The van der Waals surface area contributed by atoms with E-state index in [-0.39, 0.29) is 30.3 Å². The summed E-state index contributed by atoms with van der Waals surface area (Å²) in [6.07, 6.45) is 2.97. The molecule has 1 saturated heterocycles. The summed E-state index contributed by atoms with van der Waals surface area (Å²) in [7, 11) is 0. The van der Waals surface area contributed by atoms with E-state index in [0.717, 1.165) is 36.8 Å². The summed E-state index contributed by atoms with van der Waals surface area (Å²) in [4.78, 5) is 12.1. The van der Waals surface area contributed by atoms with Crippen molar-refractivity contribution in [3.8, 4) is 0 Å². The fourth-order valence-corrected chi connectivity index (χ4v) is 2.73. The molecule has 2 rings (SSSR count). The normalized spacial score (nSPS) is 19.8. The van der Waals surface area contributed by atoms with E-state index < -0.39 is 0 Å². The first kappa shape index (κ1) is 17.5. The summed E-state index contributed by atoms with van der Waals surface area (Å²) >= 11 is 3.43. The zero-order valence-electron chi connectivity index (χ0n) is 11.7. The minimum absolute atomic E-state index is 0. The fraction of sp³-hybridized carbons (Fsp3) is 0.533. The van der Waals surface area contributed by atoms with Crippen LogP contribution in [0.15, 0.2) is 28.7 Å². The lowest BCUT2D eigenvalue weighted by atomic mass is 9.98. The smallest absolute Gasteiger partial charge is 0.224 e. The number of nitrogens with one attached hydrogen (secondary N) is 2. The number of benzene rings is 1. The third-order valence-corrected chi connectivity index (χ3v) is 4.04. The highest BCUT2D eigenvalue weighted by Gasteiger charge is 2.21. The van der Waals surface area contributed by atoms with E-state index in [2.05, 4.69) is 45.6 Å². The predicted octanol–water partition coefficient (Wildman–Crippen LogP) is 2.92. The Morgan fingerprint density at radius 1 is 1.45 bits per heavy atom. The molecule has 3 nitrogen and oxygen atoms in total. The van der Waals surface area contributed by atoms with Gasteiger partial charge in [0.1, 0.15) is 0 Å². The summed E-state index contributed by atoms with van der Waals surface area (Å²) in [6.45, 7) is 3.92. The number of halogens is 2. The molecular weight excluding hydrogens is 340 g/mol. The molecule has 0 radical (unpaired) electrons. The Bertz CT molecular complexity index is 418. The van der Waals surface area contributed by atoms with Gasteiger partial charge in [-0.15, -0.1) is 12.4 Å². The van der Waals surface area contributed by atoms with Gasteiger partial charge >= 0.3 is 0 Å². The number of hydrogen-bond acceptors (Lipinski definition) is 2. The van der Waals surface area contributed by atoms with Crippen LogP contribution in [0.25, 0.3) is 0 Å². The molecule has 1 aliphatic heterocycles. The average Bonchev–Trinajstić information content (AvgIpc) is 2.42. The number of carbonyl (C=O) groups is 1. The molecular formula is C15H22BrClN2O. The molecule has 0 bridgehead atoms. The largest absolute Gasteiger partial charge is 0.353 e. The average molecular weight is 362 g/mol. The van der Waals surface area contributed by atoms with Crippen molar-refractivity contribution in [2.45, 2.75) is 32.2 Å². The standard InChI is InChI=1S/C15H21BrN2O.ClH/c1-11(9-12-4-6-14(16)7-5-12)18-15(19)13-3-2-8-17-10-13;/h4-7,11,13,17H,2-3,8-10H2,1H3,(H,18,19);1H. The van der Waals surface area contributed by atoms with Crippen LogP contribution >= 0.6 is 28.3 Å². The predicted molar refractivity (Wildman–Crippen MR) is 88.3 cm³/mol. The van der Waals surface area contributed by atoms with Gasteiger partial charge in [0.15, 0.2) is 0 Å². The molecule has 5 heteroatoms. The van der Waals surface area contributed by atoms with Crippen LogP contribution in [0.5, 0.6) is 0 Å². The number of carbonyl (C=O) groups excluding carboxylic acids is 1. The molecule has 2 N–H and O–H groups in total. The second-order valence-electron chi connectivity index (χ2n) is 5.28. The number of amides is 1. The Morgan fingerprint density at radius 2 is 2.15 bits per heavy atom. The quantitative estimate of drug-likeness (QED) is 0.866. The van der Waals surface area contributed by atoms with E-state index in [9.17, 15) is 4.79 Å². The van der Waals surface area contributed by atoms with Crippen LogP contribution in [0.4, 0.5) is 0 Å². The van der Waals surface area contributed by atoms with Gasteiger partial charge in [0, 0.05) is 17.1 Å². The van der Waals surface area contributed by atoms with Gasteiger partial charge < -0.3 is 10.6 Å². The van der Waals surface area contributed by atoms with Gasteiger partial charge in [0.25, 0.3) is 0 Å². The molecule has 1 heterocycles. The van der Waals surface area contributed by atoms with Crippen LogP contribution in [-0.4, -0.2) is 25.0 Å². The van der Waals surface area contributed by atoms with Crippen molar-refractivity contribution in [3.05, 3.63) is 34.3 Å². The molecule has 2 unspecified atom stereocenters. The number of piperidine rings is 1. The van der Waals surface area contributed by atoms with E-state index in [1.165, 1.54) is 5.56 Å². The van der Waals surface area contributed by atoms with Crippen molar-refractivity contribution in [1.82, 2.24) is 10.6 Å². The first-order valence-electron chi connectivity index (χ1n) is 6.90. The van der Waals surface area contributed by atoms with E-state index in [1.54, 1.807) is 0 Å². The number of hydrogen-bond donors (Lipinski definition) is 2. The van der Waals surface area contributed by atoms with E-state index in [4.69, 9.17) is 0 Å². The summed E-state index contributed by atoms with van der Waals surface area (Å²) in [5.41, 5.74) is 1.25. The summed E-state index contributed by atoms with van der Waals surface area (Å²) in [6, 6.07) is 8.43. The Morgan fingerprint density at radius 3 is 2.75 bits per heavy atom. The minimum Gasteiger partial charge on any atom is -0.353 e. The van der Waals surface area contributed by atoms with Gasteiger partial charge in [-0.05, 0) is 50.4 Å². The van der Waals surface area contributed by atoms with Gasteiger partial charge in [0.2, 0.25) is 5.91 Å². The van der Waals surface area contributed by atoms with Crippen LogP contribution in [0.2, 0.25) is 0 Å². The Kier molecular flexibility index (Phi) is 7.56. The highest BCUT2D eigenvalue weighted by molar-refractivity contribution is 9.10. The van der Waals surface area contributed by atoms with Crippen molar-refractivity contribution in [1.29, 1.82) is 0 Å². The Hall–Kier alpha value is -0.580. The first-order valence-corrected chi connectivity index (χ1v) is 7.70. The molecule has 112 valence electrons. The van der Waals surface area contributed by atoms with Crippen LogP contribution in [0.1, 0.15) is 25.3 Å². The minimum atomic E-state index is 0. The zero-order valence-corrected chi connectivity index (χ0v) is 14.1. The van der Waals surface area contributed by atoms with Crippen LogP contribution in [0.3, 0.4) is 0 Å². The maximum atomic E-state index is 12.1. The Labute approximate surface area is 135 Å². The molecule has 20 heavy (non-hydrogen) atoms. The van der Waals surface area contributed by atoms with Crippen molar-refractivity contribution in [3.63, 3.8) is 0 Å². The second kappa shape index (κ2) is 8.65. The van der Waals surface area contributed by atoms with Crippen molar-refractivity contribution in [2.75, 3.05) is 13.1 Å². The monoisotopic (exact) mass is 360 g/mol. The van der Waals surface area contributed by atoms with Gasteiger partial charge in [-0.1, -0.05) is 28.1 Å². The SMILES string of the molecule is CC(Cc1ccc(Br)cc1)NC(=O)C1CCCNC1.Cl. The van der Waals surface area contributed by atoms with Gasteiger partial charge in [-0.3, -0.25) is 4.79 Å². The van der Waals surface area contributed by atoms with Crippen molar-refractivity contribution < 1.29 is 4.79 Å². The summed E-state index contributed by atoms with van der Waals surface area (Å²) < 4.78 is 1.08. The molecule has 1 aromatic carbocycles. The Balaban J connectivity index is 0.00000200. The summed E-state index contributed by atoms with van der Waals surface area (Å²) in [5, 5.41) is 6.40. The molecule has 1 fully saturated rings. The third kappa shape index (κ3) is 5.43. The van der Waals surface area contributed by atoms with Crippen molar-refractivity contribution in [2.24, 2.45) is 5.92 Å². The topological polar surface area (TPSA) is 41.1 Å². The fourth-order valence-electron chi connectivity index (χ4n) is 2.46. The maximum Gasteiger partial charge on any atom is 0.224 e. The van der Waals surface area contributed by atoms with Crippen LogP contribution in [0, 0.1) is 5.92 Å². The molecule has 0 aliphatic carbocycles. The second-order valence-corrected chi connectivity index (χ2v) is 6.20. The molecule has 1 aromatic rings. The zero-order chi connectivity index (χ0) is 13.7. The lowest BCUT2D eigenvalue weighted by molar-refractivity contribution is -0.126. The third-order valence-electron chi connectivity index (χ3n) is 3.51. The van der Waals surface area contributed by atoms with Crippen LogP contribution < -0.4 is 10.6 Å². The lowest BCUT2D eigenvalue weighted by Gasteiger charge is -2.24. The molecule has 0 spiro atoms. The van der Waals surface area contributed by atoms with Crippen LogP contribution in [-0.2, 0) is 11.2 Å². The highest BCUT2D eigenvalue weighted by Crippen LogP contribution is 2.13.